The van der Waals surface area contributed by atoms with Crippen molar-refractivity contribution in [2.24, 2.45) is 5.92 Å². The monoisotopic (exact) mass is 194 g/mol. The van der Waals surface area contributed by atoms with Gasteiger partial charge in [0.05, 0.1) is 0 Å². The molecule has 0 amide bonds. The van der Waals surface area contributed by atoms with Crippen LogP contribution in [0.25, 0.3) is 0 Å². The van der Waals surface area contributed by atoms with Crippen LogP contribution in [-0.2, 0) is 0 Å². The highest BCUT2D eigenvalue weighted by Crippen LogP contribution is 2.09. The highest BCUT2D eigenvalue weighted by molar-refractivity contribution is 4.99. The first kappa shape index (κ1) is 13.5. The number of rotatable bonds is 8. The van der Waals surface area contributed by atoms with Crippen LogP contribution in [0.3, 0.4) is 0 Å². The van der Waals surface area contributed by atoms with Crippen molar-refractivity contribution in [3.8, 4) is 0 Å². The third-order valence-electron chi connectivity index (χ3n) is 2.45. The van der Waals surface area contributed by atoms with E-state index in [4.69, 9.17) is 0 Å². The summed E-state index contributed by atoms with van der Waals surface area (Å²) in [6, 6.07) is 0. The fourth-order valence-electron chi connectivity index (χ4n) is 1.43. The van der Waals surface area contributed by atoms with Crippen molar-refractivity contribution in [3.05, 3.63) is 24.3 Å². The molecule has 0 aliphatic heterocycles. The predicted molar refractivity (Wildman–Crippen MR) is 66.5 cm³/mol. The zero-order valence-corrected chi connectivity index (χ0v) is 10.1. The van der Waals surface area contributed by atoms with E-state index in [-0.39, 0.29) is 0 Å². The first-order chi connectivity index (χ1) is 6.85. The number of unbranched alkanes of at least 4 members (excludes halogenated alkanes) is 3. The van der Waals surface area contributed by atoms with E-state index in [9.17, 15) is 0 Å². The Balaban J connectivity index is 3.63. The largest absolute Gasteiger partial charge is 0.0882 e. The van der Waals surface area contributed by atoms with Crippen LogP contribution in [-0.4, -0.2) is 0 Å². The molecule has 82 valence electrons. The van der Waals surface area contributed by atoms with E-state index < -0.39 is 0 Å². The summed E-state index contributed by atoms with van der Waals surface area (Å²) in [4.78, 5) is 0. The smallest absolute Gasteiger partial charge is 0.00561 e. The van der Waals surface area contributed by atoms with Gasteiger partial charge in [-0.25, -0.2) is 0 Å². The molecule has 0 aliphatic carbocycles. The maximum Gasteiger partial charge on any atom is -0.00561 e. The van der Waals surface area contributed by atoms with Gasteiger partial charge in [0.1, 0.15) is 0 Å². The van der Waals surface area contributed by atoms with E-state index >= 15 is 0 Å². The average Bonchev–Trinajstić information content (AvgIpc) is 2.22. The lowest BCUT2D eigenvalue weighted by atomic mass is 10.0. The number of hydrogen-bond donors (Lipinski definition) is 0. The highest BCUT2D eigenvalue weighted by atomic mass is 14.0. The molecule has 0 spiro atoms. The van der Waals surface area contributed by atoms with Gasteiger partial charge in [-0.2, -0.15) is 0 Å². The second-order valence-electron chi connectivity index (χ2n) is 3.83. The molecule has 0 rings (SSSR count). The van der Waals surface area contributed by atoms with Gasteiger partial charge < -0.3 is 0 Å². The van der Waals surface area contributed by atoms with Gasteiger partial charge in [-0.15, -0.1) is 0 Å². The van der Waals surface area contributed by atoms with Crippen molar-refractivity contribution in [3.63, 3.8) is 0 Å². The van der Waals surface area contributed by atoms with E-state index in [0.717, 1.165) is 6.42 Å². The summed E-state index contributed by atoms with van der Waals surface area (Å²) in [7, 11) is 0. The molecule has 1 atom stereocenters. The Morgan fingerprint density at radius 1 is 0.929 bits per heavy atom. The van der Waals surface area contributed by atoms with Crippen molar-refractivity contribution >= 4 is 0 Å². The Kier molecular flexibility index (Phi) is 10.2. The standard InChI is InChI=1S/C14H26/c1-4-7-9-10-11-13-14(6-3)12-8-5-2/h8,11-14H,4-7,9-10H2,1-3H3/b12-8+,13-11+. The highest BCUT2D eigenvalue weighted by Gasteiger charge is 1.93. The van der Waals surface area contributed by atoms with Crippen molar-refractivity contribution < 1.29 is 0 Å². The fourth-order valence-corrected chi connectivity index (χ4v) is 1.43. The van der Waals surface area contributed by atoms with Crippen molar-refractivity contribution in [2.75, 3.05) is 0 Å². The zero-order valence-electron chi connectivity index (χ0n) is 10.1. The van der Waals surface area contributed by atoms with Gasteiger partial charge in [0.2, 0.25) is 0 Å². The Bertz CT molecular complexity index is 153. The van der Waals surface area contributed by atoms with Crippen molar-refractivity contribution in [1.82, 2.24) is 0 Å². The first-order valence-electron chi connectivity index (χ1n) is 6.18. The maximum atomic E-state index is 2.36. The first-order valence-corrected chi connectivity index (χ1v) is 6.18. The Morgan fingerprint density at radius 3 is 2.21 bits per heavy atom. The van der Waals surface area contributed by atoms with E-state index in [2.05, 4.69) is 45.1 Å². The summed E-state index contributed by atoms with van der Waals surface area (Å²) in [6.07, 6.45) is 17.0. The van der Waals surface area contributed by atoms with Gasteiger partial charge >= 0.3 is 0 Å². The molecule has 0 N–H and O–H groups in total. The molecule has 0 saturated carbocycles. The molecule has 0 heterocycles. The van der Waals surface area contributed by atoms with E-state index in [0.29, 0.717) is 5.92 Å². The molecule has 0 aliphatic rings. The third kappa shape index (κ3) is 8.10. The van der Waals surface area contributed by atoms with Crippen LogP contribution < -0.4 is 0 Å². The molecule has 0 fully saturated rings. The van der Waals surface area contributed by atoms with Gasteiger partial charge in [0.15, 0.2) is 0 Å². The van der Waals surface area contributed by atoms with Crippen LogP contribution in [0, 0.1) is 5.92 Å². The van der Waals surface area contributed by atoms with E-state index in [1.54, 1.807) is 0 Å². The Labute approximate surface area is 90.1 Å². The maximum absolute atomic E-state index is 2.36. The molecular formula is C14H26. The minimum absolute atomic E-state index is 0.663. The molecule has 0 heteroatoms. The molecule has 0 bridgehead atoms. The quantitative estimate of drug-likeness (QED) is 0.372. The lowest BCUT2D eigenvalue weighted by molar-refractivity contribution is 0.719. The second-order valence-corrected chi connectivity index (χ2v) is 3.83. The summed E-state index contributed by atoms with van der Waals surface area (Å²) < 4.78 is 0. The molecule has 0 aromatic carbocycles. The third-order valence-corrected chi connectivity index (χ3v) is 2.45. The van der Waals surface area contributed by atoms with Gasteiger partial charge in [-0.1, -0.05) is 57.9 Å². The molecule has 0 radical (unpaired) electrons. The van der Waals surface area contributed by atoms with Gasteiger partial charge in [0.25, 0.3) is 0 Å². The summed E-state index contributed by atoms with van der Waals surface area (Å²) in [6.45, 7) is 6.69. The summed E-state index contributed by atoms with van der Waals surface area (Å²) >= 11 is 0. The number of allylic oxidation sites excluding steroid dienone is 4. The molecule has 14 heavy (non-hydrogen) atoms. The minimum Gasteiger partial charge on any atom is -0.0882 e. The van der Waals surface area contributed by atoms with Crippen LogP contribution in [0.2, 0.25) is 0 Å². The molecular weight excluding hydrogens is 168 g/mol. The normalized spacial score (nSPS) is 14.2. The lowest BCUT2D eigenvalue weighted by Gasteiger charge is -2.02. The second kappa shape index (κ2) is 10.6. The van der Waals surface area contributed by atoms with Crippen LogP contribution in [0.1, 0.15) is 59.3 Å². The average molecular weight is 194 g/mol. The minimum atomic E-state index is 0.663. The summed E-state index contributed by atoms with van der Waals surface area (Å²) in [5, 5.41) is 0. The zero-order chi connectivity index (χ0) is 10.6. The Morgan fingerprint density at radius 2 is 1.64 bits per heavy atom. The van der Waals surface area contributed by atoms with Crippen molar-refractivity contribution in [1.29, 1.82) is 0 Å². The SMILES string of the molecule is CC/C=C/C(/C=C/CCCCC)CC. The van der Waals surface area contributed by atoms with Crippen LogP contribution in [0.4, 0.5) is 0 Å². The summed E-state index contributed by atoms with van der Waals surface area (Å²) in [5.74, 6) is 0.663. The van der Waals surface area contributed by atoms with Crippen LogP contribution in [0.5, 0.6) is 0 Å². The molecule has 0 nitrogen and oxygen atoms in total. The number of hydrogen-bond acceptors (Lipinski definition) is 0. The fraction of sp³-hybridized carbons (Fsp3) is 0.714. The van der Waals surface area contributed by atoms with Gasteiger partial charge in [-0.3, -0.25) is 0 Å². The molecule has 0 aromatic rings. The van der Waals surface area contributed by atoms with Gasteiger partial charge in [-0.05, 0) is 31.6 Å². The Hall–Kier alpha value is -0.520. The lowest BCUT2D eigenvalue weighted by Crippen LogP contribution is -1.87. The van der Waals surface area contributed by atoms with Gasteiger partial charge in [0, 0.05) is 0 Å². The molecule has 0 saturated heterocycles. The summed E-state index contributed by atoms with van der Waals surface area (Å²) in [5.41, 5.74) is 0. The van der Waals surface area contributed by atoms with Crippen LogP contribution >= 0.6 is 0 Å². The van der Waals surface area contributed by atoms with E-state index in [1.165, 1.54) is 32.1 Å². The predicted octanol–water partition coefficient (Wildman–Crippen LogP) is 5.12. The molecule has 1 unspecified atom stereocenters. The van der Waals surface area contributed by atoms with Crippen LogP contribution in [0.15, 0.2) is 24.3 Å². The molecule has 0 aromatic heterocycles. The topological polar surface area (TPSA) is 0 Å². The van der Waals surface area contributed by atoms with Crippen molar-refractivity contribution in [2.45, 2.75) is 59.3 Å². The van der Waals surface area contributed by atoms with E-state index in [1.807, 2.05) is 0 Å².